The fourth-order valence-corrected chi connectivity index (χ4v) is 6.87. The van der Waals surface area contributed by atoms with Crippen LogP contribution in [-0.4, -0.2) is 4.98 Å². The highest BCUT2D eigenvalue weighted by Crippen LogP contribution is 2.52. The minimum Gasteiger partial charge on any atom is -0.456 e. The molecule has 0 radical (unpaired) electrons. The first-order chi connectivity index (χ1) is 17.8. The van der Waals surface area contributed by atoms with E-state index in [1.54, 1.807) is 0 Å². The average molecular weight is 486 g/mol. The molecule has 0 amide bonds. The van der Waals surface area contributed by atoms with Crippen LogP contribution in [0.15, 0.2) is 60.8 Å². The Morgan fingerprint density at radius 1 is 0.865 bits per heavy atom. The standard InChI is InChI=1S/C35H35NO/c1-20(2)31-27-8-6-21(3)16-24(27)18-29-33-32-28(12-15-36-33)26-9-7-23(22-10-13-35(4,5)14-11-22)17-25(26)19-30(32)37-34(29)31/h6-9,12,15-20,22H,10-11,13-14H2,1-5H3. The Labute approximate surface area is 219 Å². The molecule has 0 bridgehead atoms. The van der Waals surface area contributed by atoms with Gasteiger partial charge >= 0.3 is 0 Å². The Balaban J connectivity index is 1.44. The van der Waals surface area contributed by atoms with Crippen molar-refractivity contribution in [1.29, 1.82) is 0 Å². The minimum absolute atomic E-state index is 0.337. The van der Waals surface area contributed by atoms with Gasteiger partial charge in [-0.3, -0.25) is 4.98 Å². The molecule has 0 N–H and O–H groups in total. The second-order valence-electron chi connectivity index (χ2n) is 12.5. The number of pyridine rings is 1. The summed E-state index contributed by atoms with van der Waals surface area (Å²) in [4.78, 5) is 4.94. The van der Waals surface area contributed by atoms with Crippen molar-refractivity contribution in [2.24, 2.45) is 5.41 Å². The van der Waals surface area contributed by atoms with Crippen LogP contribution in [0.2, 0.25) is 0 Å². The van der Waals surface area contributed by atoms with E-state index in [4.69, 9.17) is 9.72 Å². The summed E-state index contributed by atoms with van der Waals surface area (Å²) in [6.07, 6.45) is 7.14. The molecule has 2 heteroatoms. The van der Waals surface area contributed by atoms with Gasteiger partial charge < -0.3 is 4.74 Å². The van der Waals surface area contributed by atoms with Gasteiger partial charge in [0.25, 0.3) is 0 Å². The van der Waals surface area contributed by atoms with E-state index in [1.165, 1.54) is 69.3 Å². The summed E-state index contributed by atoms with van der Waals surface area (Å²) in [6.45, 7) is 11.5. The molecule has 1 aliphatic heterocycles. The maximum atomic E-state index is 6.86. The van der Waals surface area contributed by atoms with Crippen molar-refractivity contribution in [3.63, 3.8) is 0 Å². The zero-order valence-corrected chi connectivity index (χ0v) is 22.6. The molecule has 7 rings (SSSR count). The van der Waals surface area contributed by atoms with Gasteiger partial charge in [0, 0.05) is 17.3 Å². The Kier molecular flexibility index (Phi) is 4.96. The summed E-state index contributed by atoms with van der Waals surface area (Å²) in [7, 11) is 0. The molecule has 1 fully saturated rings. The van der Waals surface area contributed by atoms with E-state index >= 15 is 0 Å². The largest absolute Gasteiger partial charge is 0.456 e. The van der Waals surface area contributed by atoms with Gasteiger partial charge in [-0.25, -0.2) is 0 Å². The number of benzene rings is 4. The SMILES string of the molecule is Cc1ccc2c(C(C)C)c3c(cc2c1)-c1nccc2c1c(cc1cc(C4CCC(C)(C)CC4)ccc12)O3. The van der Waals surface area contributed by atoms with Crippen LogP contribution in [0.25, 0.3) is 43.6 Å². The minimum atomic E-state index is 0.337. The van der Waals surface area contributed by atoms with Crippen molar-refractivity contribution in [3.05, 3.63) is 77.5 Å². The molecule has 5 aromatic rings. The predicted molar refractivity (Wildman–Crippen MR) is 156 cm³/mol. The van der Waals surface area contributed by atoms with Crippen molar-refractivity contribution < 1.29 is 4.74 Å². The normalized spacial score (nSPS) is 16.9. The molecule has 37 heavy (non-hydrogen) atoms. The molecular weight excluding hydrogens is 450 g/mol. The van der Waals surface area contributed by atoms with E-state index in [0.29, 0.717) is 17.3 Å². The summed E-state index contributed by atoms with van der Waals surface area (Å²) in [5, 5.41) is 7.46. The zero-order chi connectivity index (χ0) is 25.5. The molecule has 1 aromatic heterocycles. The zero-order valence-electron chi connectivity index (χ0n) is 22.6. The summed E-state index contributed by atoms with van der Waals surface area (Å²) in [5.41, 5.74) is 6.66. The van der Waals surface area contributed by atoms with Crippen LogP contribution in [0.5, 0.6) is 11.5 Å². The quantitative estimate of drug-likeness (QED) is 0.228. The molecule has 0 spiro atoms. The second-order valence-corrected chi connectivity index (χ2v) is 12.5. The van der Waals surface area contributed by atoms with Gasteiger partial charge in [-0.05, 0) is 101 Å². The highest BCUT2D eigenvalue weighted by atomic mass is 16.5. The lowest BCUT2D eigenvalue weighted by molar-refractivity contribution is 0.224. The van der Waals surface area contributed by atoms with E-state index in [0.717, 1.165) is 28.1 Å². The van der Waals surface area contributed by atoms with Crippen LogP contribution in [0.4, 0.5) is 0 Å². The number of hydrogen-bond acceptors (Lipinski definition) is 2. The summed E-state index contributed by atoms with van der Waals surface area (Å²) < 4.78 is 6.86. The first-order valence-corrected chi connectivity index (χ1v) is 13.9. The van der Waals surface area contributed by atoms with Gasteiger partial charge in [-0.2, -0.15) is 0 Å². The number of rotatable bonds is 2. The molecule has 1 aliphatic carbocycles. The highest BCUT2D eigenvalue weighted by molar-refractivity contribution is 6.16. The highest BCUT2D eigenvalue weighted by Gasteiger charge is 2.29. The number of aryl methyl sites for hydroxylation is 1. The van der Waals surface area contributed by atoms with Gasteiger partial charge in [-0.15, -0.1) is 0 Å². The first-order valence-electron chi connectivity index (χ1n) is 13.9. The lowest BCUT2D eigenvalue weighted by Gasteiger charge is -2.34. The average Bonchev–Trinajstić information content (AvgIpc) is 2.87. The predicted octanol–water partition coefficient (Wildman–Crippen LogP) is 10.4. The van der Waals surface area contributed by atoms with Crippen LogP contribution < -0.4 is 4.74 Å². The van der Waals surface area contributed by atoms with E-state index in [2.05, 4.69) is 89.2 Å². The van der Waals surface area contributed by atoms with Gasteiger partial charge in [0.05, 0.1) is 11.1 Å². The van der Waals surface area contributed by atoms with Gasteiger partial charge in [0.1, 0.15) is 11.5 Å². The van der Waals surface area contributed by atoms with Crippen molar-refractivity contribution >= 4 is 32.3 Å². The number of ether oxygens (including phenoxy) is 1. The Hall–Kier alpha value is -3.39. The molecule has 2 heterocycles. The van der Waals surface area contributed by atoms with E-state index in [1.807, 2.05) is 6.20 Å². The van der Waals surface area contributed by atoms with Crippen molar-refractivity contribution in [3.8, 4) is 22.8 Å². The van der Waals surface area contributed by atoms with Crippen molar-refractivity contribution in [2.45, 2.75) is 72.1 Å². The molecule has 0 unspecified atom stereocenters. The number of nitrogens with zero attached hydrogens (tertiary/aromatic N) is 1. The number of aromatic nitrogens is 1. The fourth-order valence-electron chi connectivity index (χ4n) is 6.87. The van der Waals surface area contributed by atoms with Crippen molar-refractivity contribution in [2.75, 3.05) is 0 Å². The number of hydrogen-bond donors (Lipinski definition) is 0. The van der Waals surface area contributed by atoms with E-state index < -0.39 is 0 Å². The summed E-state index contributed by atoms with van der Waals surface area (Å²) >= 11 is 0. The molecular formula is C35H35NO. The molecule has 0 atom stereocenters. The number of fused-ring (bicyclic) bond motifs is 5. The maximum absolute atomic E-state index is 6.86. The van der Waals surface area contributed by atoms with Crippen molar-refractivity contribution in [1.82, 2.24) is 4.98 Å². The third-order valence-corrected chi connectivity index (χ3v) is 8.99. The third kappa shape index (κ3) is 3.56. The van der Waals surface area contributed by atoms with Gasteiger partial charge in [0.2, 0.25) is 0 Å². The molecule has 2 aliphatic rings. The lowest BCUT2D eigenvalue weighted by atomic mass is 9.71. The van der Waals surface area contributed by atoms with Gasteiger partial charge in [-0.1, -0.05) is 69.7 Å². The van der Waals surface area contributed by atoms with Crippen LogP contribution in [-0.2, 0) is 0 Å². The maximum Gasteiger partial charge on any atom is 0.140 e. The Morgan fingerprint density at radius 3 is 2.41 bits per heavy atom. The summed E-state index contributed by atoms with van der Waals surface area (Å²) in [6, 6.07) is 20.6. The lowest BCUT2D eigenvalue weighted by Crippen LogP contribution is -2.20. The molecule has 1 saturated carbocycles. The molecule has 4 aromatic carbocycles. The fraction of sp³-hybridized carbons (Fsp3) is 0.343. The van der Waals surface area contributed by atoms with E-state index in [-0.39, 0.29) is 0 Å². The van der Waals surface area contributed by atoms with Crippen LogP contribution in [0.1, 0.15) is 81.9 Å². The molecule has 2 nitrogen and oxygen atoms in total. The second kappa shape index (κ2) is 8.05. The Morgan fingerprint density at radius 2 is 1.62 bits per heavy atom. The summed E-state index contributed by atoms with van der Waals surface area (Å²) in [5.74, 6) is 2.90. The van der Waals surface area contributed by atoms with Crippen LogP contribution in [0, 0.1) is 12.3 Å². The Bertz CT molecular complexity index is 1720. The molecule has 0 saturated heterocycles. The van der Waals surface area contributed by atoms with E-state index in [9.17, 15) is 0 Å². The molecule has 186 valence electrons. The topological polar surface area (TPSA) is 22.1 Å². The monoisotopic (exact) mass is 485 g/mol. The van der Waals surface area contributed by atoms with Gasteiger partial charge in [0.15, 0.2) is 0 Å². The first kappa shape index (κ1) is 22.8. The van der Waals surface area contributed by atoms with Crippen LogP contribution >= 0.6 is 0 Å². The van der Waals surface area contributed by atoms with Crippen LogP contribution in [0.3, 0.4) is 0 Å². The third-order valence-electron chi connectivity index (χ3n) is 8.99. The smallest absolute Gasteiger partial charge is 0.140 e.